The van der Waals surface area contributed by atoms with Gasteiger partial charge in [0, 0.05) is 44.7 Å². The molecule has 0 amide bonds. The van der Waals surface area contributed by atoms with E-state index in [0.29, 0.717) is 11.5 Å². The van der Waals surface area contributed by atoms with Crippen LogP contribution in [0.2, 0.25) is 0 Å². The molecule has 0 aliphatic rings. The van der Waals surface area contributed by atoms with E-state index in [1.807, 2.05) is 36.4 Å². The summed E-state index contributed by atoms with van der Waals surface area (Å²) in [5, 5.41) is 0.843. The molecule has 4 aromatic heterocycles. The van der Waals surface area contributed by atoms with Crippen molar-refractivity contribution in [1.82, 2.24) is 19.9 Å². The third kappa shape index (κ3) is 5.94. The zero-order valence-electron chi connectivity index (χ0n) is 27.0. The smallest absolute Gasteiger partial charge is 0.160 e. The number of benzene rings is 5. The van der Waals surface area contributed by atoms with Gasteiger partial charge in [-0.25, -0.2) is 18.7 Å². The van der Waals surface area contributed by atoms with Gasteiger partial charge >= 0.3 is 0 Å². The molecule has 0 radical (unpaired) electrons. The molecule has 9 aromatic rings. The minimum absolute atomic E-state index is 0.314. The maximum absolute atomic E-state index is 14.4. The summed E-state index contributed by atoms with van der Waals surface area (Å²) < 4.78 is 30.0. The number of aromatic nitrogens is 4. The van der Waals surface area contributed by atoms with Crippen LogP contribution in [0.1, 0.15) is 0 Å². The van der Waals surface area contributed by atoms with Gasteiger partial charge in [0.05, 0.1) is 27.3 Å². The Bertz CT molecular complexity index is 2580. The van der Waals surface area contributed by atoms with Crippen LogP contribution in [0.15, 0.2) is 158 Å². The first-order chi connectivity index (χ1) is 25.1. The van der Waals surface area contributed by atoms with Gasteiger partial charge in [0.15, 0.2) is 5.82 Å². The van der Waals surface area contributed by atoms with Crippen LogP contribution in [0.25, 0.3) is 87.7 Å². The third-order valence-electron chi connectivity index (χ3n) is 8.94. The predicted octanol–water partition coefficient (Wildman–Crippen LogP) is 11.9. The SMILES string of the molecule is Fc1ccc(-c2nc(-c3cc(-c4ccc(-c5ccccn5)cc4)cc(-c4ccc(-c5ccccn5)cc4)c3)nc3c2sc2cc(F)ccc23)cc1. The first-order valence-corrected chi connectivity index (χ1v) is 17.2. The summed E-state index contributed by atoms with van der Waals surface area (Å²) in [4.78, 5) is 19.3. The minimum atomic E-state index is -0.330. The van der Waals surface area contributed by atoms with E-state index in [4.69, 9.17) is 9.97 Å². The maximum atomic E-state index is 14.4. The van der Waals surface area contributed by atoms with Gasteiger partial charge in [0.2, 0.25) is 0 Å². The van der Waals surface area contributed by atoms with E-state index >= 15 is 0 Å². The number of hydrogen-bond acceptors (Lipinski definition) is 5. The Balaban J connectivity index is 1.23. The molecule has 242 valence electrons. The van der Waals surface area contributed by atoms with Crippen LogP contribution in [0, 0.1) is 11.6 Å². The van der Waals surface area contributed by atoms with Crippen molar-refractivity contribution in [1.29, 1.82) is 0 Å². The van der Waals surface area contributed by atoms with Crippen LogP contribution in [0.3, 0.4) is 0 Å². The molecule has 0 N–H and O–H groups in total. The van der Waals surface area contributed by atoms with Crippen LogP contribution in [0.4, 0.5) is 8.78 Å². The minimum Gasteiger partial charge on any atom is -0.256 e. The fourth-order valence-electron chi connectivity index (χ4n) is 6.37. The molecular formula is C44H26F2N4S. The number of pyridine rings is 2. The van der Waals surface area contributed by atoms with Gasteiger partial charge in [-0.2, -0.15) is 0 Å². The van der Waals surface area contributed by atoms with Gasteiger partial charge in [-0.15, -0.1) is 11.3 Å². The summed E-state index contributed by atoms with van der Waals surface area (Å²) in [5.74, 6) is -0.127. The average Bonchev–Trinajstić information content (AvgIpc) is 3.56. The van der Waals surface area contributed by atoms with E-state index in [-0.39, 0.29) is 11.6 Å². The number of nitrogens with zero attached hydrogens (tertiary/aromatic N) is 4. The lowest BCUT2D eigenvalue weighted by Crippen LogP contribution is -1.95. The molecule has 0 unspecified atom stereocenters. The second-order valence-corrected chi connectivity index (χ2v) is 13.3. The van der Waals surface area contributed by atoms with E-state index in [1.54, 1.807) is 30.6 Å². The molecular weight excluding hydrogens is 655 g/mol. The van der Waals surface area contributed by atoms with Gasteiger partial charge in [0.1, 0.15) is 11.6 Å². The molecule has 0 fully saturated rings. The first-order valence-electron chi connectivity index (χ1n) is 16.4. The van der Waals surface area contributed by atoms with Gasteiger partial charge in [0.25, 0.3) is 0 Å². The Kier molecular flexibility index (Phi) is 7.67. The Morgan fingerprint density at radius 2 is 0.961 bits per heavy atom. The summed E-state index contributed by atoms with van der Waals surface area (Å²) in [6.45, 7) is 0. The second-order valence-electron chi connectivity index (χ2n) is 12.2. The highest BCUT2D eigenvalue weighted by Gasteiger charge is 2.18. The quantitative estimate of drug-likeness (QED) is 0.175. The van der Waals surface area contributed by atoms with Crippen molar-refractivity contribution in [3.05, 3.63) is 170 Å². The van der Waals surface area contributed by atoms with Gasteiger partial charge in [-0.05, 0) is 107 Å². The van der Waals surface area contributed by atoms with Crippen LogP contribution in [-0.4, -0.2) is 19.9 Å². The summed E-state index contributed by atoms with van der Waals surface area (Å²) in [6, 6.07) is 45.9. The third-order valence-corrected chi connectivity index (χ3v) is 10.1. The Morgan fingerprint density at radius 1 is 0.431 bits per heavy atom. The Labute approximate surface area is 296 Å². The summed E-state index contributed by atoms with van der Waals surface area (Å²) >= 11 is 1.44. The zero-order valence-corrected chi connectivity index (χ0v) is 27.8. The molecule has 9 rings (SSSR count). The zero-order chi connectivity index (χ0) is 34.3. The number of rotatable bonds is 6. The molecule has 4 nitrogen and oxygen atoms in total. The fraction of sp³-hybridized carbons (Fsp3) is 0. The Hall–Kier alpha value is -6.44. The monoisotopic (exact) mass is 680 g/mol. The van der Waals surface area contributed by atoms with E-state index in [9.17, 15) is 8.78 Å². The highest BCUT2D eigenvalue weighted by molar-refractivity contribution is 7.26. The predicted molar refractivity (Wildman–Crippen MR) is 203 cm³/mol. The average molecular weight is 681 g/mol. The Morgan fingerprint density at radius 3 is 1.53 bits per heavy atom. The molecule has 0 atom stereocenters. The van der Waals surface area contributed by atoms with Crippen molar-refractivity contribution < 1.29 is 8.78 Å². The van der Waals surface area contributed by atoms with Crippen molar-refractivity contribution in [3.8, 4) is 67.4 Å². The lowest BCUT2D eigenvalue weighted by molar-refractivity contribution is 0.628. The topological polar surface area (TPSA) is 51.6 Å². The molecule has 0 spiro atoms. The van der Waals surface area contributed by atoms with Gasteiger partial charge in [-0.3, -0.25) is 9.97 Å². The normalized spacial score (nSPS) is 11.3. The van der Waals surface area contributed by atoms with E-state index in [2.05, 4.69) is 76.7 Å². The molecule has 5 aromatic carbocycles. The number of halogens is 2. The van der Waals surface area contributed by atoms with E-state index in [1.165, 1.54) is 35.6 Å². The van der Waals surface area contributed by atoms with Crippen molar-refractivity contribution in [2.24, 2.45) is 0 Å². The molecule has 0 aliphatic heterocycles. The molecule has 4 heterocycles. The van der Waals surface area contributed by atoms with Crippen LogP contribution < -0.4 is 0 Å². The van der Waals surface area contributed by atoms with Crippen molar-refractivity contribution in [3.63, 3.8) is 0 Å². The number of thiophene rings is 1. The molecule has 0 saturated heterocycles. The van der Waals surface area contributed by atoms with Crippen LogP contribution in [-0.2, 0) is 0 Å². The van der Waals surface area contributed by atoms with Crippen LogP contribution >= 0.6 is 11.3 Å². The lowest BCUT2D eigenvalue weighted by atomic mass is 9.94. The van der Waals surface area contributed by atoms with E-state index < -0.39 is 0 Å². The summed E-state index contributed by atoms with van der Waals surface area (Å²) in [5.41, 5.74) is 10.9. The largest absolute Gasteiger partial charge is 0.256 e. The molecule has 0 aliphatic carbocycles. The fourth-order valence-corrected chi connectivity index (χ4v) is 7.55. The van der Waals surface area contributed by atoms with Crippen LogP contribution in [0.5, 0.6) is 0 Å². The van der Waals surface area contributed by atoms with Crippen molar-refractivity contribution in [2.45, 2.75) is 0 Å². The van der Waals surface area contributed by atoms with Crippen molar-refractivity contribution >= 4 is 31.6 Å². The first kappa shape index (κ1) is 30.6. The molecule has 0 saturated carbocycles. The molecule has 51 heavy (non-hydrogen) atoms. The highest BCUT2D eigenvalue weighted by atomic mass is 32.1. The van der Waals surface area contributed by atoms with Gasteiger partial charge < -0.3 is 0 Å². The second kappa shape index (κ2) is 12.8. The van der Waals surface area contributed by atoms with Crippen molar-refractivity contribution in [2.75, 3.05) is 0 Å². The number of hydrogen-bond donors (Lipinski definition) is 0. The summed E-state index contributed by atoms with van der Waals surface area (Å²) in [6.07, 6.45) is 3.59. The van der Waals surface area contributed by atoms with Gasteiger partial charge in [-0.1, -0.05) is 60.7 Å². The maximum Gasteiger partial charge on any atom is 0.160 e. The van der Waals surface area contributed by atoms with E-state index in [0.717, 1.165) is 76.2 Å². The lowest BCUT2D eigenvalue weighted by Gasteiger charge is -2.13. The standard InChI is InChI=1S/C44H26F2N4S/c45-35-17-15-31(16-18-35)41-43-42(37-20-19-36(46)26-40(37)51-43)50-44(49-41)34-24-32(27-7-11-29(12-8-27)38-5-1-3-21-47-38)23-33(25-34)28-9-13-30(14-10-28)39-6-2-4-22-48-39/h1-26H. The summed E-state index contributed by atoms with van der Waals surface area (Å²) in [7, 11) is 0. The molecule has 7 heteroatoms. The number of fused-ring (bicyclic) bond motifs is 3. The molecule has 0 bridgehead atoms. The highest BCUT2D eigenvalue weighted by Crippen LogP contribution is 2.41.